The maximum absolute atomic E-state index is 12.6. The van der Waals surface area contributed by atoms with Gasteiger partial charge >= 0.3 is 0 Å². The molecule has 0 unspecified atom stereocenters. The predicted octanol–water partition coefficient (Wildman–Crippen LogP) is 3.16. The SMILES string of the molecule is O=S(=O)(NCc1c[nH]c2ncccc12)c1ccc(-c2ccccn2)s1. The summed E-state index contributed by atoms with van der Waals surface area (Å²) in [6.45, 7) is 0.199. The topological polar surface area (TPSA) is 87.7 Å². The lowest BCUT2D eigenvalue weighted by molar-refractivity contribution is 0.583. The van der Waals surface area contributed by atoms with Gasteiger partial charge in [0.15, 0.2) is 0 Å². The number of thiophene rings is 1. The number of nitrogens with zero attached hydrogens (tertiary/aromatic N) is 2. The van der Waals surface area contributed by atoms with Crippen molar-refractivity contribution in [2.75, 3.05) is 0 Å². The van der Waals surface area contributed by atoms with Crippen molar-refractivity contribution in [2.24, 2.45) is 0 Å². The first-order chi connectivity index (χ1) is 12.1. The largest absolute Gasteiger partial charge is 0.346 e. The molecule has 0 aliphatic rings. The Kier molecular flexibility index (Phi) is 4.08. The number of nitrogens with one attached hydrogen (secondary N) is 2. The van der Waals surface area contributed by atoms with E-state index < -0.39 is 10.0 Å². The highest BCUT2D eigenvalue weighted by Crippen LogP contribution is 2.29. The van der Waals surface area contributed by atoms with Gasteiger partial charge in [-0.25, -0.2) is 18.1 Å². The highest BCUT2D eigenvalue weighted by atomic mass is 32.2. The lowest BCUT2D eigenvalue weighted by atomic mass is 10.2. The Labute approximate surface area is 148 Å². The van der Waals surface area contributed by atoms with Crippen LogP contribution >= 0.6 is 11.3 Å². The molecular weight excluding hydrogens is 356 g/mol. The molecule has 0 aromatic carbocycles. The van der Waals surface area contributed by atoms with Crippen LogP contribution < -0.4 is 4.72 Å². The third-order valence-corrected chi connectivity index (χ3v) is 6.75. The van der Waals surface area contributed by atoms with Crippen molar-refractivity contribution in [3.63, 3.8) is 0 Å². The number of aromatic amines is 1. The number of fused-ring (bicyclic) bond motifs is 1. The molecule has 0 aliphatic heterocycles. The predicted molar refractivity (Wildman–Crippen MR) is 97.7 cm³/mol. The van der Waals surface area contributed by atoms with Gasteiger partial charge in [-0.05, 0) is 42.0 Å². The van der Waals surface area contributed by atoms with E-state index in [-0.39, 0.29) is 10.8 Å². The Morgan fingerprint density at radius 2 is 1.92 bits per heavy atom. The fraction of sp³-hybridized carbons (Fsp3) is 0.0588. The molecule has 0 aliphatic carbocycles. The van der Waals surface area contributed by atoms with E-state index in [9.17, 15) is 8.42 Å². The van der Waals surface area contributed by atoms with E-state index >= 15 is 0 Å². The van der Waals surface area contributed by atoms with Crippen molar-refractivity contribution in [2.45, 2.75) is 10.8 Å². The van der Waals surface area contributed by atoms with Crippen molar-refractivity contribution < 1.29 is 8.42 Å². The molecule has 126 valence electrons. The van der Waals surface area contributed by atoms with Crippen LogP contribution in [0.4, 0.5) is 0 Å². The second kappa shape index (κ2) is 6.40. The molecule has 4 heterocycles. The van der Waals surface area contributed by atoms with Crippen LogP contribution in [-0.4, -0.2) is 23.4 Å². The van der Waals surface area contributed by atoms with E-state index in [4.69, 9.17) is 0 Å². The third kappa shape index (κ3) is 3.19. The number of hydrogen-bond donors (Lipinski definition) is 2. The first-order valence-corrected chi connectivity index (χ1v) is 9.85. The molecule has 0 atom stereocenters. The van der Waals surface area contributed by atoms with E-state index in [0.29, 0.717) is 0 Å². The number of aromatic nitrogens is 3. The van der Waals surface area contributed by atoms with Crippen molar-refractivity contribution in [1.29, 1.82) is 0 Å². The monoisotopic (exact) mass is 370 g/mol. The van der Waals surface area contributed by atoms with Crippen LogP contribution in [0, 0.1) is 0 Å². The number of hydrogen-bond acceptors (Lipinski definition) is 5. The zero-order valence-corrected chi connectivity index (χ0v) is 14.6. The summed E-state index contributed by atoms with van der Waals surface area (Å²) < 4.78 is 28.0. The van der Waals surface area contributed by atoms with Crippen molar-refractivity contribution in [3.05, 3.63) is 66.6 Å². The second-order valence-corrected chi connectivity index (χ2v) is 8.45. The quantitative estimate of drug-likeness (QED) is 0.565. The van der Waals surface area contributed by atoms with E-state index in [1.165, 1.54) is 11.3 Å². The summed E-state index contributed by atoms with van der Waals surface area (Å²) >= 11 is 1.20. The first-order valence-electron chi connectivity index (χ1n) is 7.55. The van der Waals surface area contributed by atoms with Gasteiger partial charge in [0.25, 0.3) is 0 Å². The Hall–Kier alpha value is -2.55. The average Bonchev–Trinajstić information content (AvgIpc) is 3.29. The van der Waals surface area contributed by atoms with Gasteiger partial charge in [-0.15, -0.1) is 11.3 Å². The Balaban J connectivity index is 1.55. The van der Waals surface area contributed by atoms with E-state index in [1.54, 1.807) is 30.7 Å². The first kappa shape index (κ1) is 15.9. The van der Waals surface area contributed by atoms with Crippen molar-refractivity contribution >= 4 is 32.4 Å². The van der Waals surface area contributed by atoms with Gasteiger partial charge in [-0.3, -0.25) is 4.98 Å². The summed E-state index contributed by atoms with van der Waals surface area (Å²) in [4.78, 5) is 12.3. The van der Waals surface area contributed by atoms with Crippen LogP contribution in [0.3, 0.4) is 0 Å². The molecule has 4 aromatic rings. The molecule has 0 bridgehead atoms. The number of H-pyrrole nitrogens is 1. The molecule has 0 saturated carbocycles. The summed E-state index contributed by atoms with van der Waals surface area (Å²) in [5, 5.41) is 0.908. The molecule has 0 amide bonds. The van der Waals surface area contributed by atoms with Gasteiger partial charge in [0.2, 0.25) is 10.0 Å². The van der Waals surface area contributed by atoms with Gasteiger partial charge in [0.1, 0.15) is 9.86 Å². The van der Waals surface area contributed by atoms with Gasteiger partial charge in [-0.1, -0.05) is 6.07 Å². The van der Waals surface area contributed by atoms with E-state index in [1.807, 2.05) is 30.3 Å². The maximum atomic E-state index is 12.6. The molecule has 4 rings (SSSR count). The fourth-order valence-corrected chi connectivity index (χ4v) is 4.85. The summed E-state index contributed by atoms with van der Waals surface area (Å²) in [5.74, 6) is 0. The minimum absolute atomic E-state index is 0.199. The maximum Gasteiger partial charge on any atom is 0.250 e. The van der Waals surface area contributed by atoms with E-state index in [0.717, 1.165) is 27.2 Å². The molecule has 0 fully saturated rings. The van der Waals surface area contributed by atoms with Crippen LogP contribution in [0.1, 0.15) is 5.56 Å². The van der Waals surface area contributed by atoms with Gasteiger partial charge < -0.3 is 4.98 Å². The third-order valence-electron chi connectivity index (χ3n) is 3.75. The fourth-order valence-electron chi connectivity index (χ4n) is 2.51. The summed E-state index contributed by atoms with van der Waals surface area (Å²) in [5.41, 5.74) is 2.36. The van der Waals surface area contributed by atoms with Crippen LogP contribution in [0.2, 0.25) is 0 Å². The number of pyridine rings is 2. The zero-order chi connectivity index (χ0) is 17.3. The lowest BCUT2D eigenvalue weighted by Crippen LogP contribution is -2.22. The van der Waals surface area contributed by atoms with Crippen LogP contribution in [0.5, 0.6) is 0 Å². The van der Waals surface area contributed by atoms with Gasteiger partial charge in [-0.2, -0.15) is 0 Å². The molecule has 0 saturated heterocycles. The Morgan fingerprint density at radius 3 is 2.76 bits per heavy atom. The van der Waals surface area contributed by atoms with Crippen LogP contribution in [0.15, 0.2) is 65.3 Å². The second-order valence-electron chi connectivity index (χ2n) is 5.37. The molecule has 6 nitrogen and oxygen atoms in total. The number of rotatable bonds is 5. The molecule has 25 heavy (non-hydrogen) atoms. The highest BCUT2D eigenvalue weighted by molar-refractivity contribution is 7.91. The minimum Gasteiger partial charge on any atom is -0.346 e. The molecule has 2 N–H and O–H groups in total. The van der Waals surface area contributed by atoms with Gasteiger partial charge in [0.05, 0.1) is 10.6 Å². The standard InChI is InChI=1S/C17H14N4O2S2/c22-25(23,16-7-6-15(24-16)14-5-1-2-8-18-14)21-11-12-10-20-17-13(12)4-3-9-19-17/h1-10,21H,11H2,(H,19,20). The zero-order valence-electron chi connectivity index (χ0n) is 13.0. The summed E-state index contributed by atoms with van der Waals surface area (Å²) in [6, 6.07) is 12.7. The Bertz CT molecular complexity index is 1120. The minimum atomic E-state index is -3.59. The molecule has 8 heteroatoms. The average molecular weight is 370 g/mol. The van der Waals surface area contributed by atoms with Crippen molar-refractivity contribution in [3.8, 4) is 10.6 Å². The van der Waals surface area contributed by atoms with Crippen LogP contribution in [0.25, 0.3) is 21.6 Å². The smallest absolute Gasteiger partial charge is 0.250 e. The Morgan fingerprint density at radius 1 is 1.04 bits per heavy atom. The number of sulfonamides is 1. The molecule has 4 aromatic heterocycles. The lowest BCUT2D eigenvalue weighted by Gasteiger charge is -2.04. The molecular formula is C17H14N4O2S2. The van der Waals surface area contributed by atoms with E-state index in [2.05, 4.69) is 19.7 Å². The van der Waals surface area contributed by atoms with Gasteiger partial charge in [0, 0.05) is 30.5 Å². The normalized spacial score (nSPS) is 11.8. The van der Waals surface area contributed by atoms with Crippen LogP contribution in [-0.2, 0) is 16.6 Å². The van der Waals surface area contributed by atoms with Crippen molar-refractivity contribution in [1.82, 2.24) is 19.7 Å². The molecule has 0 spiro atoms. The highest BCUT2D eigenvalue weighted by Gasteiger charge is 2.18. The summed E-state index contributed by atoms with van der Waals surface area (Å²) in [7, 11) is -3.59. The molecule has 0 radical (unpaired) electrons. The summed E-state index contributed by atoms with van der Waals surface area (Å²) in [6.07, 6.45) is 5.15.